The van der Waals surface area contributed by atoms with Gasteiger partial charge in [0.15, 0.2) is 5.82 Å². The second kappa shape index (κ2) is 11.8. The molecule has 10 aromatic carbocycles. The van der Waals surface area contributed by atoms with Crippen LogP contribution in [0.1, 0.15) is 0 Å². The molecule has 0 fully saturated rings. The Morgan fingerprint density at radius 2 is 0.879 bits per heavy atom. The fourth-order valence-electron chi connectivity index (χ4n) is 9.63. The van der Waals surface area contributed by atoms with Gasteiger partial charge in [0.1, 0.15) is 5.69 Å². The van der Waals surface area contributed by atoms with Crippen LogP contribution >= 0.6 is 0 Å². The molecule has 13 rings (SSSR count). The summed E-state index contributed by atoms with van der Waals surface area (Å²) in [5, 5.41) is 14.6. The maximum Gasteiger partial charge on any atom is 0.165 e. The van der Waals surface area contributed by atoms with E-state index >= 15 is 0 Å². The third-order valence-corrected chi connectivity index (χ3v) is 12.2. The number of hydrogen-bond acceptors (Lipinski definition) is 2. The molecule has 13 aromatic rings. The van der Waals surface area contributed by atoms with Gasteiger partial charge in [-0.3, -0.25) is 4.57 Å². The Bertz CT molecular complexity index is 3870. The van der Waals surface area contributed by atoms with E-state index in [4.69, 9.17) is 9.97 Å². The number of hydrogen-bond donors (Lipinski definition) is 0. The topological polar surface area (TPSA) is 35.6 Å². The van der Waals surface area contributed by atoms with E-state index in [2.05, 4.69) is 191 Å². The first kappa shape index (κ1) is 31.4. The Labute approximate surface area is 332 Å². The highest BCUT2D eigenvalue weighted by atomic mass is 15.1. The Morgan fingerprint density at radius 1 is 0.310 bits per heavy atom. The van der Waals surface area contributed by atoms with Gasteiger partial charge < -0.3 is 4.57 Å². The lowest BCUT2D eigenvalue weighted by molar-refractivity contribution is 1.08. The molecule has 0 bridgehead atoms. The number of aromatic nitrogens is 4. The Kier molecular flexibility index (Phi) is 6.41. The van der Waals surface area contributed by atoms with Gasteiger partial charge >= 0.3 is 0 Å². The van der Waals surface area contributed by atoms with Gasteiger partial charge in [-0.25, -0.2) is 9.97 Å². The number of benzene rings is 10. The standard InChI is InChI=1S/C54H32N4/c1-3-15-38-33(12-1)24-25-36-30-37(27-28-39(36)38)52-54(56-47-20-8-7-19-46(47)55-52)58-49-22-10-6-18-42(49)45-32-44-35(31-51(45)58)14-11-23-50(44)57-48-21-9-5-17-41(48)43-29-26-34-13-2-4-16-40(34)53(43)57/h1-32H. The molecule has 3 aromatic heterocycles. The van der Waals surface area contributed by atoms with E-state index in [1.165, 1.54) is 70.3 Å². The third-order valence-electron chi connectivity index (χ3n) is 12.2. The van der Waals surface area contributed by atoms with Gasteiger partial charge in [0.05, 0.1) is 38.8 Å². The fourth-order valence-corrected chi connectivity index (χ4v) is 9.63. The molecule has 0 aliphatic rings. The Morgan fingerprint density at radius 3 is 1.71 bits per heavy atom. The molecule has 0 unspecified atom stereocenters. The number of fused-ring (bicyclic) bond motifs is 13. The van der Waals surface area contributed by atoms with E-state index in [-0.39, 0.29) is 0 Å². The van der Waals surface area contributed by atoms with E-state index in [0.29, 0.717) is 0 Å². The van der Waals surface area contributed by atoms with Gasteiger partial charge in [0.2, 0.25) is 0 Å². The second-order valence-corrected chi connectivity index (χ2v) is 15.4. The normalized spacial score (nSPS) is 12.1. The Hall–Kier alpha value is -7.82. The predicted molar refractivity (Wildman–Crippen MR) is 244 cm³/mol. The number of para-hydroxylation sites is 4. The molecule has 58 heavy (non-hydrogen) atoms. The summed E-state index contributed by atoms with van der Waals surface area (Å²) in [5.74, 6) is 0.814. The molecule has 0 amide bonds. The quantitative estimate of drug-likeness (QED) is 0.169. The molecule has 0 saturated heterocycles. The van der Waals surface area contributed by atoms with Crippen molar-refractivity contribution in [2.24, 2.45) is 0 Å². The van der Waals surface area contributed by atoms with Crippen LogP contribution in [0.2, 0.25) is 0 Å². The van der Waals surface area contributed by atoms with E-state index in [0.717, 1.165) is 50.2 Å². The lowest BCUT2D eigenvalue weighted by atomic mass is 9.99. The van der Waals surface area contributed by atoms with Crippen molar-refractivity contribution in [3.05, 3.63) is 194 Å². The first-order chi connectivity index (χ1) is 28.8. The van der Waals surface area contributed by atoms with Crippen LogP contribution in [-0.2, 0) is 0 Å². The van der Waals surface area contributed by atoms with E-state index < -0.39 is 0 Å². The Balaban J connectivity index is 1.11. The van der Waals surface area contributed by atoms with Crippen molar-refractivity contribution in [2.45, 2.75) is 0 Å². The molecule has 4 heteroatoms. The molecule has 3 heterocycles. The lowest BCUT2D eigenvalue weighted by Crippen LogP contribution is -2.04. The highest BCUT2D eigenvalue weighted by molar-refractivity contribution is 6.20. The van der Waals surface area contributed by atoms with Gasteiger partial charge in [0, 0.05) is 37.9 Å². The van der Waals surface area contributed by atoms with Crippen molar-refractivity contribution >= 4 is 97.7 Å². The zero-order valence-corrected chi connectivity index (χ0v) is 31.3. The van der Waals surface area contributed by atoms with Crippen molar-refractivity contribution in [3.63, 3.8) is 0 Å². The fraction of sp³-hybridized carbons (Fsp3) is 0. The van der Waals surface area contributed by atoms with Crippen LogP contribution in [0.4, 0.5) is 0 Å². The molecule has 0 N–H and O–H groups in total. The van der Waals surface area contributed by atoms with E-state index in [1.807, 2.05) is 12.1 Å². The minimum Gasteiger partial charge on any atom is -0.308 e. The average molecular weight is 737 g/mol. The number of nitrogens with zero attached hydrogens (tertiary/aromatic N) is 4. The predicted octanol–water partition coefficient (Wildman–Crippen LogP) is 14.1. The molecule has 4 nitrogen and oxygen atoms in total. The third kappa shape index (κ3) is 4.40. The molecular weight excluding hydrogens is 705 g/mol. The van der Waals surface area contributed by atoms with Gasteiger partial charge in [-0.05, 0) is 80.8 Å². The van der Waals surface area contributed by atoms with E-state index in [9.17, 15) is 0 Å². The van der Waals surface area contributed by atoms with Crippen LogP contribution in [0.3, 0.4) is 0 Å². The van der Waals surface area contributed by atoms with Crippen LogP contribution in [0.5, 0.6) is 0 Å². The summed E-state index contributed by atoms with van der Waals surface area (Å²) in [6.07, 6.45) is 0. The summed E-state index contributed by atoms with van der Waals surface area (Å²) in [7, 11) is 0. The monoisotopic (exact) mass is 736 g/mol. The summed E-state index contributed by atoms with van der Waals surface area (Å²) >= 11 is 0. The van der Waals surface area contributed by atoms with Crippen LogP contribution in [0.25, 0.3) is 120 Å². The zero-order chi connectivity index (χ0) is 37.9. The summed E-state index contributed by atoms with van der Waals surface area (Å²) in [6, 6.07) is 70.2. The molecule has 0 spiro atoms. The van der Waals surface area contributed by atoms with Crippen LogP contribution in [-0.4, -0.2) is 19.1 Å². The van der Waals surface area contributed by atoms with E-state index in [1.54, 1.807) is 0 Å². The lowest BCUT2D eigenvalue weighted by Gasteiger charge is -2.15. The molecule has 0 radical (unpaired) electrons. The minimum absolute atomic E-state index is 0.814. The highest BCUT2D eigenvalue weighted by Gasteiger charge is 2.22. The average Bonchev–Trinajstić information content (AvgIpc) is 3.80. The van der Waals surface area contributed by atoms with Crippen LogP contribution in [0.15, 0.2) is 194 Å². The summed E-state index contributed by atoms with van der Waals surface area (Å²) in [6.45, 7) is 0. The zero-order valence-electron chi connectivity index (χ0n) is 31.3. The maximum absolute atomic E-state index is 5.46. The van der Waals surface area contributed by atoms with Crippen molar-refractivity contribution in [2.75, 3.05) is 0 Å². The van der Waals surface area contributed by atoms with Gasteiger partial charge in [-0.15, -0.1) is 0 Å². The largest absolute Gasteiger partial charge is 0.308 e. The van der Waals surface area contributed by atoms with Crippen molar-refractivity contribution < 1.29 is 0 Å². The molecule has 0 saturated carbocycles. The molecule has 0 atom stereocenters. The molecule has 0 aliphatic heterocycles. The van der Waals surface area contributed by atoms with Crippen LogP contribution in [0, 0.1) is 0 Å². The molecular formula is C54H32N4. The van der Waals surface area contributed by atoms with Crippen molar-refractivity contribution in [1.82, 2.24) is 19.1 Å². The first-order valence-electron chi connectivity index (χ1n) is 19.8. The smallest absolute Gasteiger partial charge is 0.165 e. The molecule has 0 aliphatic carbocycles. The summed E-state index contributed by atoms with van der Waals surface area (Å²) < 4.78 is 4.82. The summed E-state index contributed by atoms with van der Waals surface area (Å²) in [5.41, 5.74) is 9.39. The van der Waals surface area contributed by atoms with Gasteiger partial charge in [0.25, 0.3) is 0 Å². The molecule has 268 valence electrons. The highest BCUT2D eigenvalue weighted by Crippen LogP contribution is 2.42. The van der Waals surface area contributed by atoms with Crippen molar-refractivity contribution in [1.29, 1.82) is 0 Å². The first-order valence-corrected chi connectivity index (χ1v) is 19.8. The van der Waals surface area contributed by atoms with Gasteiger partial charge in [-0.2, -0.15) is 0 Å². The number of rotatable bonds is 3. The van der Waals surface area contributed by atoms with Crippen molar-refractivity contribution in [3.8, 4) is 22.8 Å². The summed E-state index contributed by atoms with van der Waals surface area (Å²) in [4.78, 5) is 10.8. The van der Waals surface area contributed by atoms with Gasteiger partial charge in [-0.1, -0.05) is 146 Å². The maximum atomic E-state index is 5.46. The van der Waals surface area contributed by atoms with Crippen LogP contribution < -0.4 is 0 Å². The minimum atomic E-state index is 0.814. The SMILES string of the molecule is c1cc(-n2c3ccccc3c3ccc4ccccc4c32)c2cc3c4ccccc4n(-c4nc5ccccc5nc4-c4ccc5c(ccc6ccccc65)c4)c3cc2c1. The second-order valence-electron chi connectivity index (χ2n) is 15.4.